The zero-order valence-corrected chi connectivity index (χ0v) is 21.9. The molecule has 0 amide bonds. The van der Waals surface area contributed by atoms with Gasteiger partial charge in [0, 0.05) is 22.3 Å². The Labute approximate surface area is 234 Å². The lowest BCUT2D eigenvalue weighted by atomic mass is 9.94. The fourth-order valence-corrected chi connectivity index (χ4v) is 5.35. The van der Waals surface area contributed by atoms with Gasteiger partial charge >= 0.3 is 0 Å². The van der Waals surface area contributed by atoms with Gasteiger partial charge in [-0.2, -0.15) is 0 Å². The van der Waals surface area contributed by atoms with Crippen LogP contribution in [0, 0.1) is 0 Å². The van der Waals surface area contributed by atoms with Crippen LogP contribution in [0.5, 0.6) is 0 Å². The van der Waals surface area contributed by atoms with Gasteiger partial charge in [-0.3, -0.25) is 0 Å². The maximum absolute atomic E-state index is 5.22. The summed E-state index contributed by atoms with van der Waals surface area (Å²) in [6.07, 6.45) is 0. The first-order valence-electron chi connectivity index (χ1n) is 13.5. The number of aromatic nitrogens is 2. The molecule has 0 aliphatic rings. The normalized spacial score (nSPS) is 11.0. The molecule has 0 spiro atoms. The van der Waals surface area contributed by atoms with E-state index in [1.165, 1.54) is 21.9 Å². The van der Waals surface area contributed by atoms with E-state index in [0.717, 1.165) is 39.2 Å². The van der Waals surface area contributed by atoms with E-state index >= 15 is 0 Å². The predicted octanol–water partition coefficient (Wildman–Crippen LogP) is 9.96. The molecule has 2 heteroatoms. The average Bonchev–Trinajstić information content (AvgIpc) is 3.05. The molecule has 0 aliphatic heterocycles. The highest BCUT2D eigenvalue weighted by molar-refractivity contribution is 5.97. The summed E-state index contributed by atoms with van der Waals surface area (Å²) in [7, 11) is 0. The van der Waals surface area contributed by atoms with Gasteiger partial charge in [-0.1, -0.05) is 158 Å². The Morgan fingerprint density at radius 2 is 0.800 bits per heavy atom. The minimum Gasteiger partial charge on any atom is -0.227 e. The van der Waals surface area contributed by atoms with Crippen LogP contribution in [0.4, 0.5) is 0 Å². The number of hydrogen-bond donors (Lipinski definition) is 0. The molecule has 0 N–H and O–H groups in total. The highest BCUT2D eigenvalue weighted by Crippen LogP contribution is 2.39. The molecule has 2 nitrogen and oxygen atoms in total. The van der Waals surface area contributed by atoms with E-state index in [4.69, 9.17) is 9.97 Å². The maximum atomic E-state index is 5.22. The Hall–Kier alpha value is -5.34. The summed E-state index contributed by atoms with van der Waals surface area (Å²) >= 11 is 0. The number of hydrogen-bond acceptors (Lipinski definition) is 2. The Morgan fingerprint density at radius 1 is 0.325 bits per heavy atom. The van der Waals surface area contributed by atoms with Gasteiger partial charge in [-0.25, -0.2) is 9.97 Å². The van der Waals surface area contributed by atoms with Crippen molar-refractivity contribution in [2.24, 2.45) is 0 Å². The summed E-state index contributed by atoms with van der Waals surface area (Å²) in [6.45, 7) is 0. The van der Waals surface area contributed by atoms with Gasteiger partial charge in [0.15, 0.2) is 5.82 Å². The second-order valence-corrected chi connectivity index (χ2v) is 9.82. The third kappa shape index (κ3) is 4.46. The predicted molar refractivity (Wildman–Crippen MR) is 167 cm³/mol. The quantitative estimate of drug-likeness (QED) is 0.230. The molecule has 1 aromatic heterocycles. The third-order valence-corrected chi connectivity index (χ3v) is 7.31. The molecule has 0 radical (unpaired) electrons. The molecule has 6 aromatic carbocycles. The minimum atomic E-state index is 0.710. The Kier molecular flexibility index (Phi) is 6.20. The van der Waals surface area contributed by atoms with Crippen LogP contribution in [0.2, 0.25) is 0 Å². The van der Waals surface area contributed by atoms with Crippen molar-refractivity contribution in [1.82, 2.24) is 9.97 Å². The van der Waals surface area contributed by atoms with Crippen molar-refractivity contribution in [3.63, 3.8) is 0 Å². The molecule has 0 unspecified atom stereocenters. The molecule has 7 aromatic rings. The van der Waals surface area contributed by atoms with Gasteiger partial charge in [0.1, 0.15) is 0 Å². The van der Waals surface area contributed by atoms with Crippen LogP contribution < -0.4 is 0 Å². The average molecular weight is 511 g/mol. The second-order valence-electron chi connectivity index (χ2n) is 9.82. The van der Waals surface area contributed by atoms with Crippen molar-refractivity contribution in [1.29, 1.82) is 0 Å². The molecule has 7 rings (SSSR count). The van der Waals surface area contributed by atoms with E-state index in [2.05, 4.69) is 140 Å². The van der Waals surface area contributed by atoms with Crippen molar-refractivity contribution in [3.05, 3.63) is 158 Å². The van der Waals surface area contributed by atoms with Crippen LogP contribution in [-0.2, 0) is 0 Å². The van der Waals surface area contributed by atoms with Crippen LogP contribution in [0.25, 0.3) is 66.9 Å². The summed E-state index contributed by atoms with van der Waals surface area (Å²) in [5.74, 6) is 0.710. The topological polar surface area (TPSA) is 25.8 Å². The molecular weight excluding hydrogens is 484 g/mol. The summed E-state index contributed by atoms with van der Waals surface area (Å²) in [6, 6.07) is 54.9. The fourth-order valence-electron chi connectivity index (χ4n) is 5.35. The van der Waals surface area contributed by atoms with Crippen molar-refractivity contribution >= 4 is 10.8 Å². The van der Waals surface area contributed by atoms with E-state index in [-0.39, 0.29) is 0 Å². The molecule has 0 saturated carbocycles. The molecule has 0 bridgehead atoms. The van der Waals surface area contributed by atoms with E-state index in [1.54, 1.807) is 0 Å². The Balaban J connectivity index is 1.43. The highest BCUT2D eigenvalue weighted by Gasteiger charge is 2.20. The Morgan fingerprint density at radius 3 is 1.40 bits per heavy atom. The molecular formula is C38H26N2. The lowest BCUT2D eigenvalue weighted by Gasteiger charge is -2.17. The van der Waals surface area contributed by atoms with Gasteiger partial charge in [0.05, 0.1) is 11.4 Å². The van der Waals surface area contributed by atoms with Gasteiger partial charge in [-0.05, 0) is 27.5 Å². The van der Waals surface area contributed by atoms with Gasteiger partial charge < -0.3 is 0 Å². The number of benzene rings is 6. The van der Waals surface area contributed by atoms with E-state index in [9.17, 15) is 0 Å². The summed E-state index contributed by atoms with van der Waals surface area (Å²) in [5, 5.41) is 2.49. The van der Waals surface area contributed by atoms with Gasteiger partial charge in [0.25, 0.3) is 0 Å². The van der Waals surface area contributed by atoms with Crippen molar-refractivity contribution in [3.8, 4) is 56.2 Å². The zero-order valence-electron chi connectivity index (χ0n) is 21.9. The fraction of sp³-hybridized carbons (Fsp3) is 0. The first-order chi connectivity index (χ1) is 19.8. The zero-order chi connectivity index (χ0) is 26.7. The molecule has 0 atom stereocenters. The number of nitrogens with zero attached hydrogens (tertiary/aromatic N) is 2. The second kappa shape index (κ2) is 10.4. The van der Waals surface area contributed by atoms with Crippen LogP contribution in [0.1, 0.15) is 0 Å². The van der Waals surface area contributed by atoms with Crippen LogP contribution in [0.3, 0.4) is 0 Å². The maximum Gasteiger partial charge on any atom is 0.160 e. The van der Waals surface area contributed by atoms with Gasteiger partial charge in [-0.15, -0.1) is 0 Å². The van der Waals surface area contributed by atoms with Crippen LogP contribution >= 0.6 is 0 Å². The molecule has 0 saturated heterocycles. The minimum absolute atomic E-state index is 0.710. The molecule has 0 aliphatic carbocycles. The first kappa shape index (κ1) is 23.8. The third-order valence-electron chi connectivity index (χ3n) is 7.31. The molecule has 0 fully saturated rings. The van der Waals surface area contributed by atoms with E-state index < -0.39 is 0 Å². The number of fused-ring (bicyclic) bond motifs is 1. The lowest BCUT2D eigenvalue weighted by molar-refractivity contribution is 1.18. The summed E-state index contributed by atoms with van der Waals surface area (Å²) in [5.41, 5.74) is 9.49. The van der Waals surface area contributed by atoms with Gasteiger partial charge in [0.2, 0.25) is 0 Å². The highest BCUT2D eigenvalue weighted by atomic mass is 14.9. The largest absolute Gasteiger partial charge is 0.227 e. The van der Waals surface area contributed by atoms with Crippen molar-refractivity contribution in [2.75, 3.05) is 0 Å². The summed E-state index contributed by atoms with van der Waals surface area (Å²) in [4.78, 5) is 10.4. The Bertz CT molecular complexity index is 1850. The van der Waals surface area contributed by atoms with E-state index in [1.807, 2.05) is 18.2 Å². The van der Waals surface area contributed by atoms with Crippen molar-refractivity contribution in [2.45, 2.75) is 0 Å². The van der Waals surface area contributed by atoms with Crippen molar-refractivity contribution < 1.29 is 0 Å². The molecule has 1 heterocycles. The monoisotopic (exact) mass is 510 g/mol. The first-order valence-corrected chi connectivity index (χ1v) is 13.5. The standard InChI is InChI=1S/C38H26N2/c1-4-14-29(15-5-1)35-36(30-16-6-2-7-17-30)39-38(40-37(35)31-18-8-3-9-19-31)32-25-23-28(24-26-32)34-22-12-20-27-13-10-11-21-33(27)34/h1-26H. The van der Waals surface area contributed by atoms with Crippen LogP contribution in [0.15, 0.2) is 158 Å². The van der Waals surface area contributed by atoms with Crippen LogP contribution in [-0.4, -0.2) is 9.97 Å². The van der Waals surface area contributed by atoms with E-state index in [0.29, 0.717) is 5.82 Å². The number of rotatable bonds is 5. The molecule has 40 heavy (non-hydrogen) atoms. The SMILES string of the molecule is c1ccc(-c2nc(-c3ccc(-c4cccc5ccccc45)cc3)nc(-c3ccccc3)c2-c2ccccc2)cc1. The smallest absolute Gasteiger partial charge is 0.160 e. The summed E-state index contributed by atoms with van der Waals surface area (Å²) < 4.78 is 0. The molecule has 188 valence electrons. The lowest BCUT2D eigenvalue weighted by Crippen LogP contribution is -2.00.